The van der Waals surface area contributed by atoms with Gasteiger partial charge in [0.1, 0.15) is 0 Å². The fraction of sp³-hybridized carbons (Fsp3) is 0.625. The molecule has 1 aromatic heterocycles. The van der Waals surface area contributed by atoms with Gasteiger partial charge in [0.25, 0.3) is 5.91 Å². The summed E-state index contributed by atoms with van der Waals surface area (Å²) in [4.78, 5) is 18.7. The summed E-state index contributed by atoms with van der Waals surface area (Å²) in [5, 5.41) is 0. The molecule has 1 aromatic rings. The Balaban J connectivity index is 1.66. The highest BCUT2D eigenvalue weighted by atomic mass is 16.2. The van der Waals surface area contributed by atoms with Crippen LogP contribution in [0.4, 0.5) is 0 Å². The van der Waals surface area contributed by atoms with E-state index in [1.165, 1.54) is 38.5 Å². The number of carbonyl (C=O) groups excluding carboxylic acids is 1. The molecule has 2 fully saturated rings. The lowest BCUT2D eigenvalue weighted by Gasteiger charge is -2.39. The van der Waals surface area contributed by atoms with Crippen molar-refractivity contribution in [1.82, 2.24) is 9.88 Å². The monoisotopic (exact) mass is 273 g/mol. The van der Waals surface area contributed by atoms with Gasteiger partial charge in [0.15, 0.2) is 0 Å². The minimum absolute atomic E-state index is 0.134. The molecule has 1 aliphatic heterocycles. The van der Waals surface area contributed by atoms with Crippen molar-refractivity contribution >= 4 is 5.91 Å². The van der Waals surface area contributed by atoms with Gasteiger partial charge in [0.2, 0.25) is 0 Å². The highest BCUT2D eigenvalue weighted by Gasteiger charge is 2.38. The molecule has 3 rings (SSSR count). The van der Waals surface area contributed by atoms with Gasteiger partial charge in [-0.2, -0.15) is 0 Å². The lowest BCUT2D eigenvalue weighted by molar-refractivity contribution is 0.0587. The number of likely N-dealkylation sites (tertiary alicyclic amines) is 1. The first-order valence-electron chi connectivity index (χ1n) is 7.67. The van der Waals surface area contributed by atoms with Crippen molar-refractivity contribution in [3.05, 3.63) is 29.6 Å². The van der Waals surface area contributed by atoms with Crippen LogP contribution >= 0.6 is 0 Å². The number of hydrogen-bond donors (Lipinski definition) is 1. The van der Waals surface area contributed by atoms with E-state index in [4.69, 9.17) is 5.73 Å². The highest BCUT2D eigenvalue weighted by molar-refractivity contribution is 5.94. The van der Waals surface area contributed by atoms with E-state index in [1.807, 2.05) is 11.0 Å². The van der Waals surface area contributed by atoms with E-state index >= 15 is 0 Å². The molecule has 1 saturated carbocycles. The predicted molar refractivity (Wildman–Crippen MR) is 78.2 cm³/mol. The van der Waals surface area contributed by atoms with Gasteiger partial charge in [-0.1, -0.05) is 12.8 Å². The van der Waals surface area contributed by atoms with Gasteiger partial charge in [-0.15, -0.1) is 0 Å². The highest BCUT2D eigenvalue weighted by Crippen LogP contribution is 2.46. The number of nitrogens with two attached hydrogens (primary N) is 1. The van der Waals surface area contributed by atoms with Gasteiger partial charge in [0.05, 0.1) is 5.69 Å². The molecule has 0 atom stereocenters. The number of amides is 1. The van der Waals surface area contributed by atoms with Crippen LogP contribution in [-0.4, -0.2) is 28.9 Å². The summed E-state index contributed by atoms with van der Waals surface area (Å²) in [7, 11) is 0. The molecule has 0 unspecified atom stereocenters. The fourth-order valence-corrected chi connectivity index (χ4v) is 3.71. The molecule has 2 aliphatic rings. The lowest BCUT2D eigenvalue weighted by Crippen LogP contribution is -2.42. The molecular formula is C16H23N3O. The van der Waals surface area contributed by atoms with Crippen molar-refractivity contribution < 1.29 is 4.79 Å². The standard InChI is InChI=1S/C16H23N3O/c17-12-14-11-13(3-8-18-14)15(20)19-9-6-16(7-10-19)4-1-2-5-16/h3,8,11H,1-2,4-7,9-10,12,17H2. The third-order valence-corrected chi connectivity index (χ3v) is 5.05. The Bertz CT molecular complexity index is 484. The molecule has 4 heteroatoms. The third-order valence-electron chi connectivity index (χ3n) is 5.05. The summed E-state index contributed by atoms with van der Waals surface area (Å²) < 4.78 is 0. The van der Waals surface area contributed by atoms with Crippen LogP contribution < -0.4 is 5.73 Å². The second-order valence-electron chi connectivity index (χ2n) is 6.24. The predicted octanol–water partition coefficient (Wildman–Crippen LogP) is 2.34. The number of aromatic nitrogens is 1. The molecule has 1 saturated heterocycles. The smallest absolute Gasteiger partial charge is 0.253 e. The summed E-state index contributed by atoms with van der Waals surface area (Å²) in [6.07, 6.45) is 9.50. The van der Waals surface area contributed by atoms with E-state index in [2.05, 4.69) is 4.98 Å². The van der Waals surface area contributed by atoms with Crippen molar-refractivity contribution in [2.75, 3.05) is 13.1 Å². The zero-order valence-electron chi connectivity index (χ0n) is 12.0. The van der Waals surface area contributed by atoms with Gasteiger partial charge in [0, 0.05) is 31.4 Å². The minimum atomic E-state index is 0.134. The maximum absolute atomic E-state index is 12.5. The molecular weight excluding hydrogens is 250 g/mol. The van der Waals surface area contributed by atoms with Crippen LogP contribution in [0.3, 0.4) is 0 Å². The van der Waals surface area contributed by atoms with Crippen molar-refractivity contribution in [2.24, 2.45) is 11.1 Å². The lowest BCUT2D eigenvalue weighted by atomic mass is 9.77. The first kappa shape index (κ1) is 13.6. The minimum Gasteiger partial charge on any atom is -0.339 e. The number of carbonyl (C=O) groups is 1. The van der Waals surface area contributed by atoms with Crippen molar-refractivity contribution in [3.63, 3.8) is 0 Å². The molecule has 0 bridgehead atoms. The Morgan fingerprint density at radius 3 is 2.60 bits per heavy atom. The van der Waals surface area contributed by atoms with Crippen molar-refractivity contribution in [3.8, 4) is 0 Å². The molecule has 1 spiro atoms. The van der Waals surface area contributed by atoms with Gasteiger partial charge >= 0.3 is 0 Å². The third kappa shape index (κ3) is 2.57. The van der Waals surface area contributed by atoms with E-state index in [0.29, 0.717) is 12.0 Å². The van der Waals surface area contributed by atoms with Crippen molar-refractivity contribution in [1.29, 1.82) is 0 Å². The Morgan fingerprint density at radius 2 is 1.95 bits per heavy atom. The SMILES string of the molecule is NCc1cc(C(=O)N2CCC3(CCCC3)CC2)ccn1. The molecule has 2 N–H and O–H groups in total. The quantitative estimate of drug-likeness (QED) is 0.899. The summed E-state index contributed by atoms with van der Waals surface area (Å²) in [6.45, 7) is 2.18. The van der Waals surface area contributed by atoms with E-state index in [-0.39, 0.29) is 5.91 Å². The molecule has 20 heavy (non-hydrogen) atoms. The molecule has 108 valence electrons. The zero-order chi connectivity index (χ0) is 14.0. The Hall–Kier alpha value is -1.42. The van der Waals surface area contributed by atoms with Gasteiger partial charge in [-0.25, -0.2) is 0 Å². The summed E-state index contributed by atoms with van der Waals surface area (Å²) >= 11 is 0. The summed E-state index contributed by atoms with van der Waals surface area (Å²) in [5.74, 6) is 0.134. The van der Waals surface area contributed by atoms with Gasteiger partial charge in [-0.3, -0.25) is 9.78 Å². The molecule has 2 heterocycles. The van der Waals surface area contributed by atoms with Crippen LogP contribution in [0.15, 0.2) is 18.3 Å². The van der Waals surface area contributed by atoms with Crippen LogP contribution in [0.25, 0.3) is 0 Å². The fourth-order valence-electron chi connectivity index (χ4n) is 3.71. The molecule has 0 aromatic carbocycles. The van der Waals surface area contributed by atoms with Crippen LogP contribution in [0.2, 0.25) is 0 Å². The van der Waals surface area contributed by atoms with Crippen LogP contribution in [-0.2, 0) is 6.54 Å². The van der Waals surface area contributed by atoms with Crippen LogP contribution in [0, 0.1) is 5.41 Å². The van der Waals surface area contributed by atoms with Crippen LogP contribution in [0.5, 0.6) is 0 Å². The van der Waals surface area contributed by atoms with Crippen molar-refractivity contribution in [2.45, 2.75) is 45.1 Å². The number of nitrogens with zero attached hydrogens (tertiary/aromatic N) is 2. The van der Waals surface area contributed by atoms with E-state index < -0.39 is 0 Å². The van der Waals surface area contributed by atoms with Crippen LogP contribution in [0.1, 0.15) is 54.6 Å². The molecule has 0 radical (unpaired) electrons. The van der Waals surface area contributed by atoms with E-state index in [9.17, 15) is 4.79 Å². The number of hydrogen-bond acceptors (Lipinski definition) is 3. The first-order chi connectivity index (χ1) is 9.72. The van der Waals surface area contributed by atoms with E-state index in [0.717, 1.165) is 24.3 Å². The maximum atomic E-state index is 12.5. The second-order valence-corrected chi connectivity index (χ2v) is 6.24. The largest absolute Gasteiger partial charge is 0.339 e. The van der Waals surface area contributed by atoms with Gasteiger partial charge < -0.3 is 10.6 Å². The maximum Gasteiger partial charge on any atom is 0.253 e. The molecule has 1 aliphatic carbocycles. The Labute approximate surface area is 120 Å². The number of pyridine rings is 1. The average Bonchev–Trinajstić information content (AvgIpc) is 2.96. The Kier molecular flexibility index (Phi) is 3.74. The average molecular weight is 273 g/mol. The Morgan fingerprint density at radius 1 is 1.25 bits per heavy atom. The summed E-state index contributed by atoms with van der Waals surface area (Å²) in [5.41, 5.74) is 7.64. The van der Waals surface area contributed by atoms with E-state index in [1.54, 1.807) is 12.3 Å². The molecule has 4 nitrogen and oxygen atoms in total. The topological polar surface area (TPSA) is 59.2 Å². The number of rotatable bonds is 2. The zero-order valence-corrected chi connectivity index (χ0v) is 12.0. The normalized spacial score (nSPS) is 21.4. The second kappa shape index (κ2) is 5.52. The first-order valence-corrected chi connectivity index (χ1v) is 7.67. The van der Waals surface area contributed by atoms with Gasteiger partial charge in [-0.05, 0) is 43.2 Å². The summed E-state index contributed by atoms with van der Waals surface area (Å²) in [6, 6.07) is 3.61. The molecule has 1 amide bonds. The number of piperidine rings is 1.